The fourth-order valence-corrected chi connectivity index (χ4v) is 2.01. The predicted octanol–water partition coefficient (Wildman–Crippen LogP) is 0.815. The summed E-state index contributed by atoms with van der Waals surface area (Å²) in [6.07, 6.45) is 8.71. The highest BCUT2D eigenvalue weighted by Gasteiger charge is 2.26. The lowest BCUT2D eigenvalue weighted by atomic mass is 10.2. The fraction of sp³-hybridized carbons (Fsp3) is 0.333. The lowest BCUT2D eigenvalue weighted by molar-refractivity contribution is 0.0689. The van der Waals surface area contributed by atoms with Crippen LogP contribution in [0.15, 0.2) is 24.8 Å². The summed E-state index contributed by atoms with van der Waals surface area (Å²) in [5.74, 6) is -0.160. The largest absolute Gasteiger partial charge is 0.476 e. The SMILES string of the molecule is O=C(O)c1cnc(C(=O)NCCc2cnc(C3CC3)nc2)cn1. The molecule has 8 nitrogen and oxygen atoms in total. The molecule has 2 heterocycles. The molecule has 0 atom stereocenters. The van der Waals surface area contributed by atoms with E-state index in [0.717, 1.165) is 36.6 Å². The summed E-state index contributed by atoms with van der Waals surface area (Å²) in [5, 5.41) is 11.4. The topological polar surface area (TPSA) is 118 Å². The minimum absolute atomic E-state index is 0.0790. The number of carboxylic acids is 1. The van der Waals surface area contributed by atoms with E-state index in [-0.39, 0.29) is 11.4 Å². The second kappa shape index (κ2) is 6.47. The molecule has 1 aliphatic rings. The molecule has 0 saturated heterocycles. The Morgan fingerprint density at radius 3 is 2.26 bits per heavy atom. The van der Waals surface area contributed by atoms with Crippen LogP contribution in [0.1, 0.15) is 51.1 Å². The first-order chi connectivity index (χ1) is 11.1. The van der Waals surface area contributed by atoms with E-state index in [0.29, 0.717) is 18.9 Å². The number of nitrogens with zero attached hydrogens (tertiary/aromatic N) is 4. The number of carboxylic acid groups (broad SMARTS) is 1. The first-order valence-corrected chi connectivity index (χ1v) is 7.28. The van der Waals surface area contributed by atoms with Crippen molar-refractivity contribution in [3.05, 3.63) is 47.6 Å². The van der Waals surface area contributed by atoms with E-state index in [1.54, 1.807) is 12.4 Å². The van der Waals surface area contributed by atoms with Gasteiger partial charge in [0.15, 0.2) is 5.69 Å². The van der Waals surface area contributed by atoms with Gasteiger partial charge in [-0.15, -0.1) is 0 Å². The molecule has 0 spiro atoms. The number of rotatable bonds is 6. The standard InChI is InChI=1S/C15H15N5O3/c21-14(11-7-18-12(8-17-11)15(22)23)16-4-3-9-5-19-13(20-6-9)10-1-2-10/h5-8,10H,1-4H2,(H,16,21)(H,22,23). The Hall–Kier alpha value is -2.90. The van der Waals surface area contributed by atoms with Crippen LogP contribution in [-0.4, -0.2) is 43.5 Å². The molecule has 0 aromatic carbocycles. The highest BCUT2D eigenvalue weighted by Crippen LogP contribution is 2.37. The van der Waals surface area contributed by atoms with E-state index in [2.05, 4.69) is 25.3 Å². The first kappa shape index (κ1) is 15.0. The normalized spacial score (nSPS) is 13.6. The zero-order chi connectivity index (χ0) is 16.2. The molecule has 0 unspecified atom stereocenters. The number of carbonyl (C=O) groups excluding carboxylic acids is 1. The van der Waals surface area contributed by atoms with Gasteiger partial charge in [0.25, 0.3) is 5.91 Å². The van der Waals surface area contributed by atoms with Crippen molar-refractivity contribution in [1.82, 2.24) is 25.3 Å². The van der Waals surface area contributed by atoms with E-state index in [1.807, 2.05) is 0 Å². The van der Waals surface area contributed by atoms with Crippen LogP contribution in [0.25, 0.3) is 0 Å². The quantitative estimate of drug-likeness (QED) is 0.810. The van der Waals surface area contributed by atoms with Crippen molar-refractivity contribution in [2.24, 2.45) is 0 Å². The molecule has 2 aromatic heterocycles. The van der Waals surface area contributed by atoms with E-state index in [1.165, 1.54) is 0 Å². The van der Waals surface area contributed by atoms with Gasteiger partial charge >= 0.3 is 5.97 Å². The van der Waals surface area contributed by atoms with E-state index >= 15 is 0 Å². The van der Waals surface area contributed by atoms with Crippen molar-refractivity contribution in [3.8, 4) is 0 Å². The maximum Gasteiger partial charge on any atom is 0.356 e. The number of amides is 1. The second-order valence-corrected chi connectivity index (χ2v) is 5.32. The average Bonchev–Trinajstić information content (AvgIpc) is 3.40. The summed E-state index contributed by atoms with van der Waals surface area (Å²) < 4.78 is 0. The van der Waals surface area contributed by atoms with Crippen LogP contribution in [0.4, 0.5) is 0 Å². The van der Waals surface area contributed by atoms with Crippen LogP contribution in [0.3, 0.4) is 0 Å². The van der Waals surface area contributed by atoms with Gasteiger partial charge in [-0.1, -0.05) is 0 Å². The molecule has 118 valence electrons. The molecule has 0 radical (unpaired) electrons. The Bertz CT molecular complexity index is 711. The third-order valence-electron chi connectivity index (χ3n) is 3.47. The minimum atomic E-state index is -1.18. The highest BCUT2D eigenvalue weighted by atomic mass is 16.4. The van der Waals surface area contributed by atoms with Gasteiger partial charge in [0.2, 0.25) is 0 Å². The van der Waals surface area contributed by atoms with Crippen LogP contribution < -0.4 is 5.32 Å². The predicted molar refractivity (Wildman–Crippen MR) is 79.0 cm³/mol. The molecule has 3 rings (SSSR count). The molecule has 2 N–H and O–H groups in total. The monoisotopic (exact) mass is 313 g/mol. The molecule has 1 amide bonds. The van der Waals surface area contributed by atoms with Gasteiger partial charge in [0.05, 0.1) is 12.4 Å². The Morgan fingerprint density at radius 1 is 1.04 bits per heavy atom. The Kier molecular flexibility index (Phi) is 4.22. The Balaban J connectivity index is 1.49. The summed E-state index contributed by atoms with van der Waals surface area (Å²) in [4.78, 5) is 38.6. The zero-order valence-corrected chi connectivity index (χ0v) is 12.3. The highest BCUT2D eigenvalue weighted by molar-refractivity contribution is 5.92. The lowest BCUT2D eigenvalue weighted by Crippen LogP contribution is -2.27. The van der Waals surface area contributed by atoms with Crippen molar-refractivity contribution in [2.45, 2.75) is 25.2 Å². The Morgan fingerprint density at radius 2 is 1.70 bits per heavy atom. The lowest BCUT2D eigenvalue weighted by Gasteiger charge is -2.05. The van der Waals surface area contributed by atoms with Gasteiger partial charge in [0, 0.05) is 24.9 Å². The zero-order valence-electron chi connectivity index (χ0n) is 12.3. The smallest absolute Gasteiger partial charge is 0.356 e. The van der Waals surface area contributed by atoms with Crippen molar-refractivity contribution >= 4 is 11.9 Å². The summed E-state index contributed by atoms with van der Waals surface area (Å²) in [5.41, 5.74) is 0.826. The van der Waals surface area contributed by atoms with Crippen molar-refractivity contribution in [1.29, 1.82) is 0 Å². The van der Waals surface area contributed by atoms with Gasteiger partial charge in [0.1, 0.15) is 11.5 Å². The molecule has 1 aliphatic carbocycles. The molecule has 2 aromatic rings. The number of aromatic carboxylic acids is 1. The molecular weight excluding hydrogens is 298 g/mol. The van der Waals surface area contributed by atoms with Gasteiger partial charge in [-0.05, 0) is 24.8 Å². The van der Waals surface area contributed by atoms with Crippen molar-refractivity contribution < 1.29 is 14.7 Å². The van der Waals surface area contributed by atoms with E-state index < -0.39 is 11.9 Å². The Labute approximate surface area is 132 Å². The molecule has 1 fully saturated rings. The van der Waals surface area contributed by atoms with Crippen LogP contribution in [0.5, 0.6) is 0 Å². The summed E-state index contributed by atoms with van der Waals surface area (Å²) in [7, 11) is 0. The van der Waals surface area contributed by atoms with Gasteiger partial charge in [-0.2, -0.15) is 0 Å². The summed E-state index contributed by atoms with van der Waals surface area (Å²) in [6, 6.07) is 0. The first-order valence-electron chi connectivity index (χ1n) is 7.28. The maximum absolute atomic E-state index is 11.9. The van der Waals surface area contributed by atoms with Gasteiger partial charge < -0.3 is 10.4 Å². The number of hydrogen-bond donors (Lipinski definition) is 2. The summed E-state index contributed by atoms with van der Waals surface area (Å²) >= 11 is 0. The molecule has 8 heteroatoms. The molecule has 0 aliphatic heterocycles. The molecular formula is C15H15N5O3. The van der Waals surface area contributed by atoms with Crippen molar-refractivity contribution in [2.75, 3.05) is 6.54 Å². The number of nitrogens with one attached hydrogen (secondary N) is 1. The number of carbonyl (C=O) groups is 2. The molecule has 0 bridgehead atoms. The third kappa shape index (κ3) is 3.85. The van der Waals surface area contributed by atoms with Crippen LogP contribution in [-0.2, 0) is 6.42 Å². The van der Waals surface area contributed by atoms with Gasteiger partial charge in [-0.25, -0.2) is 24.7 Å². The molecule has 23 heavy (non-hydrogen) atoms. The summed E-state index contributed by atoms with van der Waals surface area (Å²) in [6.45, 7) is 0.410. The second-order valence-electron chi connectivity index (χ2n) is 5.32. The maximum atomic E-state index is 11.9. The molecule has 1 saturated carbocycles. The fourth-order valence-electron chi connectivity index (χ4n) is 2.01. The van der Waals surface area contributed by atoms with Crippen molar-refractivity contribution in [3.63, 3.8) is 0 Å². The van der Waals surface area contributed by atoms with Crippen LogP contribution in [0.2, 0.25) is 0 Å². The number of aromatic nitrogens is 4. The van der Waals surface area contributed by atoms with E-state index in [4.69, 9.17) is 5.11 Å². The third-order valence-corrected chi connectivity index (χ3v) is 3.47. The van der Waals surface area contributed by atoms with Gasteiger partial charge in [-0.3, -0.25) is 4.79 Å². The average molecular weight is 313 g/mol. The minimum Gasteiger partial charge on any atom is -0.476 e. The van der Waals surface area contributed by atoms with Crippen LogP contribution >= 0.6 is 0 Å². The van der Waals surface area contributed by atoms with E-state index in [9.17, 15) is 9.59 Å². The number of hydrogen-bond acceptors (Lipinski definition) is 6. The van der Waals surface area contributed by atoms with Crippen LogP contribution in [0, 0.1) is 0 Å².